The van der Waals surface area contributed by atoms with Crippen molar-refractivity contribution in [3.8, 4) is 11.5 Å². The first-order chi connectivity index (χ1) is 17.8. The van der Waals surface area contributed by atoms with Crippen LogP contribution in [-0.2, 0) is 19.1 Å². The van der Waals surface area contributed by atoms with Gasteiger partial charge in [-0.05, 0) is 48.4 Å². The van der Waals surface area contributed by atoms with Crippen LogP contribution in [0.4, 0.5) is 0 Å². The average Bonchev–Trinajstić information content (AvgIpc) is 3.16. The van der Waals surface area contributed by atoms with Crippen LogP contribution in [-0.4, -0.2) is 85.6 Å². The Morgan fingerprint density at radius 3 is 2.43 bits per heavy atom. The summed E-state index contributed by atoms with van der Waals surface area (Å²) >= 11 is 0. The third kappa shape index (κ3) is 5.76. The summed E-state index contributed by atoms with van der Waals surface area (Å²) in [6.45, 7) is 5.14. The number of nitrogens with two attached hydrogens (primary N) is 1. The normalized spacial score (nSPS) is 19.7. The molecule has 10 nitrogen and oxygen atoms in total. The summed E-state index contributed by atoms with van der Waals surface area (Å²) in [6.07, 6.45) is 0. The maximum atomic E-state index is 13.3. The fourth-order valence-corrected chi connectivity index (χ4v) is 4.61. The zero-order chi connectivity index (χ0) is 26.5. The summed E-state index contributed by atoms with van der Waals surface area (Å²) in [5.41, 5.74) is 6.98. The smallest absolute Gasteiger partial charge is 0.295 e. The Kier molecular flexibility index (Phi) is 8.10. The van der Waals surface area contributed by atoms with Gasteiger partial charge >= 0.3 is 0 Å². The topological polar surface area (TPSA) is 132 Å². The molecule has 2 aliphatic heterocycles. The second-order valence-corrected chi connectivity index (χ2v) is 8.95. The van der Waals surface area contributed by atoms with Gasteiger partial charge < -0.3 is 30.0 Å². The van der Waals surface area contributed by atoms with Gasteiger partial charge in [0.2, 0.25) is 0 Å². The fraction of sp³-hybridized carbons (Fsp3) is 0.370. The minimum Gasteiger partial charge on any atom is -0.507 e. The van der Waals surface area contributed by atoms with E-state index in [0.717, 1.165) is 18.7 Å². The highest BCUT2D eigenvalue weighted by Gasteiger charge is 2.46. The van der Waals surface area contributed by atoms with Gasteiger partial charge in [-0.3, -0.25) is 19.3 Å². The van der Waals surface area contributed by atoms with Gasteiger partial charge in [-0.15, -0.1) is 0 Å². The summed E-state index contributed by atoms with van der Waals surface area (Å²) in [5.74, 6) is -1.21. The number of ketones is 1. The minimum absolute atomic E-state index is 0.0161. The number of primary amides is 1. The molecule has 2 amide bonds. The molecule has 2 aliphatic rings. The largest absolute Gasteiger partial charge is 0.507 e. The van der Waals surface area contributed by atoms with Crippen molar-refractivity contribution >= 4 is 23.4 Å². The van der Waals surface area contributed by atoms with Crippen molar-refractivity contribution in [3.05, 3.63) is 64.7 Å². The number of hydrogen-bond donors (Lipinski definition) is 2. The van der Waals surface area contributed by atoms with Gasteiger partial charge in [-0.2, -0.15) is 0 Å². The number of nitrogens with zero attached hydrogens (tertiary/aromatic N) is 2. The van der Waals surface area contributed by atoms with E-state index in [1.54, 1.807) is 49.6 Å². The SMILES string of the molecule is COc1ccc(/C(O)=C2\C(=O)C(=O)N(CCN3CCOCC3)C2c2ccc(OCC(N)=O)cc2)cc1C. The molecule has 2 aromatic carbocycles. The number of methoxy groups -OCH3 is 1. The van der Waals surface area contributed by atoms with Gasteiger partial charge in [0, 0.05) is 31.7 Å². The molecule has 0 spiro atoms. The number of Topliss-reactive ketones (excluding diaryl/α,β-unsaturated/α-hetero) is 1. The lowest BCUT2D eigenvalue weighted by Gasteiger charge is -2.31. The van der Waals surface area contributed by atoms with Crippen LogP contribution in [0.2, 0.25) is 0 Å². The molecular weight excluding hydrogens is 478 g/mol. The molecule has 1 unspecified atom stereocenters. The first kappa shape index (κ1) is 26.2. The van der Waals surface area contributed by atoms with Crippen LogP contribution in [0, 0.1) is 6.92 Å². The number of ether oxygens (including phenoxy) is 3. The molecule has 0 radical (unpaired) electrons. The summed E-state index contributed by atoms with van der Waals surface area (Å²) in [6, 6.07) is 11.0. The molecular formula is C27H31N3O7. The summed E-state index contributed by atoms with van der Waals surface area (Å²) in [4.78, 5) is 41.2. The highest BCUT2D eigenvalue weighted by molar-refractivity contribution is 6.46. The minimum atomic E-state index is -0.798. The van der Waals surface area contributed by atoms with Crippen LogP contribution in [0.3, 0.4) is 0 Å². The van der Waals surface area contributed by atoms with E-state index >= 15 is 0 Å². The number of amides is 2. The molecule has 1 atom stereocenters. The molecule has 37 heavy (non-hydrogen) atoms. The summed E-state index contributed by atoms with van der Waals surface area (Å²) in [7, 11) is 1.55. The van der Waals surface area contributed by atoms with E-state index in [2.05, 4.69) is 4.90 Å². The van der Waals surface area contributed by atoms with E-state index in [1.807, 2.05) is 6.92 Å². The molecule has 2 aromatic rings. The van der Waals surface area contributed by atoms with E-state index in [4.69, 9.17) is 19.9 Å². The Balaban J connectivity index is 1.71. The van der Waals surface area contributed by atoms with E-state index in [-0.39, 0.29) is 17.9 Å². The zero-order valence-corrected chi connectivity index (χ0v) is 20.9. The molecule has 2 saturated heterocycles. The van der Waals surface area contributed by atoms with Crippen molar-refractivity contribution < 1.29 is 33.7 Å². The van der Waals surface area contributed by atoms with E-state index in [0.29, 0.717) is 48.9 Å². The molecule has 2 fully saturated rings. The predicted octanol–water partition coefficient (Wildman–Crippen LogP) is 1.62. The Morgan fingerprint density at radius 2 is 1.81 bits per heavy atom. The molecule has 2 heterocycles. The van der Waals surface area contributed by atoms with Gasteiger partial charge in [0.1, 0.15) is 17.3 Å². The van der Waals surface area contributed by atoms with E-state index < -0.39 is 23.6 Å². The average molecular weight is 510 g/mol. The quantitative estimate of drug-likeness (QED) is 0.296. The lowest BCUT2D eigenvalue weighted by Crippen LogP contribution is -2.42. The second-order valence-electron chi connectivity index (χ2n) is 8.95. The Labute approximate surface area is 215 Å². The Bertz CT molecular complexity index is 1200. The van der Waals surface area contributed by atoms with Crippen molar-refractivity contribution in [1.29, 1.82) is 0 Å². The number of hydrogen-bond acceptors (Lipinski definition) is 8. The van der Waals surface area contributed by atoms with Crippen LogP contribution in [0.25, 0.3) is 5.76 Å². The van der Waals surface area contributed by atoms with Crippen molar-refractivity contribution in [2.75, 3.05) is 53.1 Å². The molecule has 0 aliphatic carbocycles. The third-order valence-electron chi connectivity index (χ3n) is 6.55. The lowest BCUT2D eigenvalue weighted by molar-refractivity contribution is -0.140. The number of rotatable bonds is 9. The van der Waals surface area contributed by atoms with E-state index in [9.17, 15) is 19.5 Å². The standard InChI is InChI=1S/C27H31N3O7/c1-17-15-19(5-8-21(17)35-2)25(32)23-24(18-3-6-20(7-4-18)37-16-22(28)31)30(27(34)26(23)33)10-9-29-11-13-36-14-12-29/h3-8,15,24,32H,9-14,16H2,1-2H3,(H2,28,31)/b25-23+. The highest BCUT2D eigenvalue weighted by atomic mass is 16.5. The maximum Gasteiger partial charge on any atom is 0.295 e. The summed E-state index contributed by atoms with van der Waals surface area (Å²) in [5, 5.41) is 11.3. The molecule has 0 saturated carbocycles. The van der Waals surface area contributed by atoms with Crippen molar-refractivity contribution in [3.63, 3.8) is 0 Å². The maximum absolute atomic E-state index is 13.3. The number of carbonyl (C=O) groups excluding carboxylic acids is 3. The number of aliphatic hydroxyl groups is 1. The van der Waals surface area contributed by atoms with Gasteiger partial charge in [-0.25, -0.2) is 0 Å². The number of aryl methyl sites for hydroxylation is 1. The van der Waals surface area contributed by atoms with Crippen LogP contribution >= 0.6 is 0 Å². The number of morpholine rings is 1. The van der Waals surface area contributed by atoms with Crippen LogP contribution in [0.15, 0.2) is 48.0 Å². The number of benzene rings is 2. The Morgan fingerprint density at radius 1 is 1.11 bits per heavy atom. The van der Waals surface area contributed by atoms with Crippen molar-refractivity contribution in [1.82, 2.24) is 9.80 Å². The van der Waals surface area contributed by atoms with Gasteiger partial charge in [0.25, 0.3) is 17.6 Å². The van der Waals surface area contributed by atoms with Gasteiger partial charge in [-0.1, -0.05) is 12.1 Å². The lowest BCUT2D eigenvalue weighted by atomic mass is 9.94. The van der Waals surface area contributed by atoms with Crippen LogP contribution < -0.4 is 15.2 Å². The first-order valence-electron chi connectivity index (χ1n) is 12.0. The van der Waals surface area contributed by atoms with Crippen molar-refractivity contribution in [2.45, 2.75) is 13.0 Å². The van der Waals surface area contributed by atoms with Crippen LogP contribution in [0.5, 0.6) is 11.5 Å². The molecule has 4 rings (SSSR count). The first-order valence-corrected chi connectivity index (χ1v) is 12.0. The number of aliphatic hydroxyl groups excluding tert-OH is 1. The molecule has 0 aromatic heterocycles. The van der Waals surface area contributed by atoms with Crippen molar-refractivity contribution in [2.24, 2.45) is 5.73 Å². The second kappa shape index (κ2) is 11.4. The zero-order valence-electron chi connectivity index (χ0n) is 20.9. The molecule has 10 heteroatoms. The monoisotopic (exact) mass is 509 g/mol. The number of likely N-dealkylation sites (tertiary alicyclic amines) is 1. The van der Waals surface area contributed by atoms with Gasteiger partial charge in [0.15, 0.2) is 6.61 Å². The fourth-order valence-electron chi connectivity index (χ4n) is 4.61. The molecule has 196 valence electrons. The highest BCUT2D eigenvalue weighted by Crippen LogP contribution is 2.40. The molecule has 3 N–H and O–H groups in total. The van der Waals surface area contributed by atoms with Gasteiger partial charge in [0.05, 0.1) is 31.9 Å². The molecule has 0 bridgehead atoms. The third-order valence-corrected chi connectivity index (χ3v) is 6.55. The van der Waals surface area contributed by atoms with E-state index in [1.165, 1.54) is 4.90 Å². The number of carbonyl (C=O) groups is 3. The predicted molar refractivity (Wildman–Crippen MR) is 135 cm³/mol. The Hall–Kier alpha value is -3.89. The van der Waals surface area contributed by atoms with Crippen LogP contribution in [0.1, 0.15) is 22.7 Å². The summed E-state index contributed by atoms with van der Waals surface area (Å²) < 4.78 is 16.1.